The van der Waals surface area contributed by atoms with Gasteiger partial charge in [-0.2, -0.15) is 0 Å². The predicted octanol–water partition coefficient (Wildman–Crippen LogP) is 3.09. The van der Waals surface area contributed by atoms with Crippen molar-refractivity contribution in [1.29, 1.82) is 0 Å². The molecule has 0 aliphatic carbocycles. The molecular formula is C17H21N3O. The number of hydrogen-bond acceptors (Lipinski definition) is 4. The van der Waals surface area contributed by atoms with Crippen molar-refractivity contribution in [2.24, 2.45) is 0 Å². The standard InChI is InChI=1S/C17H21N3O/c1-13-4-5-14-15(10-13)19-16(11-18-14)20-8-2-6-17(12-20)7-3-9-21-17/h4-5,10-11H,2-3,6-9,12H2,1H3. The van der Waals surface area contributed by atoms with E-state index in [4.69, 9.17) is 9.72 Å². The Morgan fingerprint density at radius 2 is 2.10 bits per heavy atom. The summed E-state index contributed by atoms with van der Waals surface area (Å²) in [5.74, 6) is 0.989. The molecule has 1 spiro atoms. The first-order valence-electron chi connectivity index (χ1n) is 7.87. The number of aryl methyl sites for hydroxylation is 1. The summed E-state index contributed by atoms with van der Waals surface area (Å²) in [5, 5.41) is 0. The molecule has 3 heterocycles. The summed E-state index contributed by atoms with van der Waals surface area (Å²) in [5.41, 5.74) is 3.25. The molecule has 1 atom stereocenters. The highest BCUT2D eigenvalue weighted by molar-refractivity contribution is 5.76. The molecule has 1 aromatic carbocycles. The fourth-order valence-corrected chi connectivity index (χ4v) is 3.63. The molecule has 0 radical (unpaired) electrons. The van der Waals surface area contributed by atoms with Crippen LogP contribution in [0.3, 0.4) is 0 Å². The number of aromatic nitrogens is 2. The number of benzene rings is 1. The molecule has 2 aliphatic heterocycles. The molecule has 1 unspecified atom stereocenters. The molecule has 1 aromatic heterocycles. The number of anilines is 1. The summed E-state index contributed by atoms with van der Waals surface area (Å²) in [6.07, 6.45) is 6.64. The second-order valence-corrected chi connectivity index (χ2v) is 6.38. The topological polar surface area (TPSA) is 38.2 Å². The summed E-state index contributed by atoms with van der Waals surface area (Å²) in [7, 11) is 0. The van der Waals surface area contributed by atoms with Gasteiger partial charge in [0, 0.05) is 19.7 Å². The SMILES string of the molecule is Cc1ccc2ncc(N3CCCC4(CCCO4)C3)nc2c1. The third kappa shape index (κ3) is 2.38. The third-order valence-electron chi connectivity index (χ3n) is 4.73. The summed E-state index contributed by atoms with van der Waals surface area (Å²) < 4.78 is 6.05. The third-order valence-corrected chi connectivity index (χ3v) is 4.73. The molecular weight excluding hydrogens is 262 g/mol. The van der Waals surface area contributed by atoms with E-state index in [2.05, 4.69) is 28.9 Å². The van der Waals surface area contributed by atoms with Crippen molar-refractivity contribution in [1.82, 2.24) is 9.97 Å². The highest BCUT2D eigenvalue weighted by Crippen LogP contribution is 2.35. The number of hydrogen-bond donors (Lipinski definition) is 0. The van der Waals surface area contributed by atoms with Gasteiger partial charge in [-0.15, -0.1) is 0 Å². The van der Waals surface area contributed by atoms with E-state index in [0.29, 0.717) is 0 Å². The van der Waals surface area contributed by atoms with Crippen molar-refractivity contribution in [2.75, 3.05) is 24.6 Å². The van der Waals surface area contributed by atoms with Crippen LogP contribution in [0.4, 0.5) is 5.82 Å². The van der Waals surface area contributed by atoms with Crippen LogP contribution in [0.25, 0.3) is 11.0 Å². The van der Waals surface area contributed by atoms with E-state index in [1.54, 1.807) is 0 Å². The van der Waals surface area contributed by atoms with Crippen molar-refractivity contribution < 1.29 is 4.74 Å². The van der Waals surface area contributed by atoms with Gasteiger partial charge in [0.05, 0.1) is 22.8 Å². The van der Waals surface area contributed by atoms with E-state index in [0.717, 1.165) is 36.5 Å². The van der Waals surface area contributed by atoms with E-state index in [1.807, 2.05) is 12.3 Å². The second kappa shape index (κ2) is 4.95. The largest absolute Gasteiger partial charge is 0.373 e. The van der Waals surface area contributed by atoms with E-state index in [9.17, 15) is 0 Å². The van der Waals surface area contributed by atoms with Crippen LogP contribution in [0.15, 0.2) is 24.4 Å². The summed E-state index contributed by atoms with van der Waals surface area (Å²) in [6.45, 7) is 5.02. The van der Waals surface area contributed by atoms with Crippen molar-refractivity contribution >= 4 is 16.9 Å². The Morgan fingerprint density at radius 3 is 2.95 bits per heavy atom. The minimum Gasteiger partial charge on any atom is -0.373 e. The molecule has 0 bridgehead atoms. The smallest absolute Gasteiger partial charge is 0.147 e. The minimum absolute atomic E-state index is 0.0709. The van der Waals surface area contributed by atoms with E-state index < -0.39 is 0 Å². The van der Waals surface area contributed by atoms with E-state index in [-0.39, 0.29) is 5.60 Å². The lowest BCUT2D eigenvalue weighted by molar-refractivity contribution is -0.00635. The summed E-state index contributed by atoms with van der Waals surface area (Å²) in [6, 6.07) is 6.23. The average molecular weight is 283 g/mol. The molecule has 0 N–H and O–H groups in total. The molecule has 4 heteroatoms. The van der Waals surface area contributed by atoms with Gasteiger partial charge in [-0.1, -0.05) is 6.07 Å². The van der Waals surface area contributed by atoms with Gasteiger partial charge in [0.15, 0.2) is 0 Å². The first-order chi connectivity index (χ1) is 10.2. The van der Waals surface area contributed by atoms with Crippen LogP contribution in [0.1, 0.15) is 31.2 Å². The van der Waals surface area contributed by atoms with Crippen LogP contribution < -0.4 is 4.90 Å². The lowest BCUT2D eigenvalue weighted by atomic mass is 9.90. The van der Waals surface area contributed by atoms with Crippen LogP contribution >= 0.6 is 0 Å². The van der Waals surface area contributed by atoms with Crippen molar-refractivity contribution in [3.05, 3.63) is 30.0 Å². The Bertz CT molecular complexity index is 664. The fourth-order valence-electron chi connectivity index (χ4n) is 3.63. The first kappa shape index (κ1) is 13.0. The molecule has 21 heavy (non-hydrogen) atoms. The Hall–Kier alpha value is -1.68. The zero-order chi connectivity index (χ0) is 14.3. The number of ether oxygens (including phenoxy) is 1. The summed E-state index contributed by atoms with van der Waals surface area (Å²) in [4.78, 5) is 11.7. The maximum Gasteiger partial charge on any atom is 0.147 e. The van der Waals surface area contributed by atoms with Gasteiger partial charge in [0.2, 0.25) is 0 Å². The van der Waals surface area contributed by atoms with Gasteiger partial charge >= 0.3 is 0 Å². The molecule has 2 aliphatic rings. The lowest BCUT2D eigenvalue weighted by Crippen LogP contribution is -2.48. The monoisotopic (exact) mass is 283 g/mol. The van der Waals surface area contributed by atoms with Crippen LogP contribution in [0, 0.1) is 6.92 Å². The van der Waals surface area contributed by atoms with Crippen LogP contribution in [-0.4, -0.2) is 35.3 Å². The Labute approximate surface area is 125 Å². The lowest BCUT2D eigenvalue weighted by Gasteiger charge is -2.40. The van der Waals surface area contributed by atoms with E-state index in [1.165, 1.54) is 31.2 Å². The highest BCUT2D eigenvalue weighted by atomic mass is 16.5. The van der Waals surface area contributed by atoms with Crippen molar-refractivity contribution in [2.45, 2.75) is 38.2 Å². The fraction of sp³-hybridized carbons (Fsp3) is 0.529. The van der Waals surface area contributed by atoms with Crippen LogP contribution in [0.2, 0.25) is 0 Å². The number of piperidine rings is 1. The van der Waals surface area contributed by atoms with Crippen molar-refractivity contribution in [3.63, 3.8) is 0 Å². The molecule has 0 amide bonds. The van der Waals surface area contributed by atoms with Gasteiger partial charge in [0.1, 0.15) is 5.82 Å². The molecule has 2 fully saturated rings. The Morgan fingerprint density at radius 1 is 1.19 bits per heavy atom. The molecule has 0 saturated carbocycles. The van der Waals surface area contributed by atoms with Crippen LogP contribution in [-0.2, 0) is 4.74 Å². The molecule has 2 aromatic rings. The summed E-state index contributed by atoms with van der Waals surface area (Å²) >= 11 is 0. The quantitative estimate of drug-likeness (QED) is 0.806. The zero-order valence-electron chi connectivity index (χ0n) is 12.5. The highest BCUT2D eigenvalue weighted by Gasteiger charge is 2.39. The molecule has 4 nitrogen and oxygen atoms in total. The van der Waals surface area contributed by atoms with Gasteiger partial charge in [0.25, 0.3) is 0 Å². The average Bonchev–Trinajstić information content (AvgIpc) is 2.94. The molecule has 110 valence electrons. The van der Waals surface area contributed by atoms with Crippen LogP contribution in [0.5, 0.6) is 0 Å². The van der Waals surface area contributed by atoms with Gasteiger partial charge in [-0.25, -0.2) is 4.98 Å². The van der Waals surface area contributed by atoms with Gasteiger partial charge < -0.3 is 9.64 Å². The molecule has 2 saturated heterocycles. The predicted molar refractivity (Wildman–Crippen MR) is 83.6 cm³/mol. The van der Waals surface area contributed by atoms with E-state index >= 15 is 0 Å². The number of nitrogens with zero attached hydrogens (tertiary/aromatic N) is 3. The van der Waals surface area contributed by atoms with Crippen molar-refractivity contribution in [3.8, 4) is 0 Å². The zero-order valence-corrected chi connectivity index (χ0v) is 12.5. The second-order valence-electron chi connectivity index (χ2n) is 6.38. The molecule has 4 rings (SSSR count). The first-order valence-corrected chi connectivity index (χ1v) is 7.87. The number of rotatable bonds is 1. The van der Waals surface area contributed by atoms with Gasteiger partial charge in [-0.3, -0.25) is 4.98 Å². The normalized spacial score (nSPS) is 25.9. The maximum absolute atomic E-state index is 6.05. The Balaban J connectivity index is 1.66. The maximum atomic E-state index is 6.05. The van der Waals surface area contributed by atoms with Gasteiger partial charge in [-0.05, 0) is 50.3 Å². The number of fused-ring (bicyclic) bond motifs is 1. The minimum atomic E-state index is 0.0709. The Kier molecular flexibility index (Phi) is 3.07.